The molecule has 0 radical (unpaired) electrons. The Hall–Kier alpha value is -0.0800. The van der Waals surface area contributed by atoms with E-state index in [1.54, 1.807) is 0 Å². The summed E-state index contributed by atoms with van der Waals surface area (Å²) in [5, 5.41) is 0. The molecule has 3 atom stereocenters. The second-order valence-electron chi connectivity index (χ2n) is 5.78. The van der Waals surface area contributed by atoms with Crippen molar-refractivity contribution < 1.29 is 0 Å². The van der Waals surface area contributed by atoms with Crippen LogP contribution in [0.3, 0.4) is 0 Å². The monoisotopic (exact) mass is 226 g/mol. The molecule has 1 aliphatic carbocycles. The summed E-state index contributed by atoms with van der Waals surface area (Å²) in [4.78, 5) is 2.59. The van der Waals surface area contributed by atoms with Crippen LogP contribution in [0.2, 0.25) is 0 Å². The minimum absolute atomic E-state index is 0.374. The molecule has 2 heteroatoms. The van der Waals surface area contributed by atoms with E-state index in [1.165, 1.54) is 51.5 Å². The van der Waals surface area contributed by atoms with Crippen LogP contribution in [0.5, 0.6) is 0 Å². The van der Waals surface area contributed by atoms with Crippen LogP contribution in [-0.4, -0.2) is 30.6 Å². The van der Waals surface area contributed by atoms with Gasteiger partial charge in [0.1, 0.15) is 0 Å². The molecule has 0 aliphatic heterocycles. The van der Waals surface area contributed by atoms with Crippen molar-refractivity contribution in [3.05, 3.63) is 0 Å². The number of hydrogen-bond acceptors (Lipinski definition) is 2. The van der Waals surface area contributed by atoms with Crippen LogP contribution in [0, 0.1) is 5.92 Å². The van der Waals surface area contributed by atoms with E-state index in [0.29, 0.717) is 6.04 Å². The number of nitrogens with two attached hydrogens (primary N) is 1. The number of hydrogen-bond donors (Lipinski definition) is 1. The van der Waals surface area contributed by atoms with E-state index in [4.69, 9.17) is 5.73 Å². The van der Waals surface area contributed by atoms with Crippen molar-refractivity contribution in [1.82, 2.24) is 4.90 Å². The minimum atomic E-state index is 0.374. The van der Waals surface area contributed by atoms with Gasteiger partial charge in [0, 0.05) is 12.1 Å². The molecule has 1 saturated carbocycles. The molecule has 0 heterocycles. The average Bonchev–Trinajstić information content (AvgIpc) is 2.24. The lowest BCUT2D eigenvalue weighted by molar-refractivity contribution is 0.137. The maximum atomic E-state index is 5.76. The molecule has 1 aliphatic rings. The second-order valence-corrected chi connectivity index (χ2v) is 5.78. The summed E-state index contributed by atoms with van der Waals surface area (Å²) in [6.07, 6.45) is 9.47. The summed E-state index contributed by atoms with van der Waals surface area (Å²) in [5.74, 6) is 0.896. The van der Waals surface area contributed by atoms with E-state index >= 15 is 0 Å². The molecule has 0 amide bonds. The van der Waals surface area contributed by atoms with Crippen LogP contribution in [0.25, 0.3) is 0 Å². The predicted octanol–water partition coefficient (Wildman–Crippen LogP) is 3.01. The molecule has 1 rings (SSSR count). The molecule has 0 saturated heterocycles. The van der Waals surface area contributed by atoms with Crippen molar-refractivity contribution in [2.24, 2.45) is 11.7 Å². The van der Waals surface area contributed by atoms with Gasteiger partial charge in [-0.3, -0.25) is 0 Å². The van der Waals surface area contributed by atoms with Crippen LogP contribution in [0.1, 0.15) is 58.8 Å². The van der Waals surface area contributed by atoms with Gasteiger partial charge in [0.2, 0.25) is 0 Å². The largest absolute Gasteiger partial charge is 0.328 e. The molecular formula is C14H30N2. The summed E-state index contributed by atoms with van der Waals surface area (Å²) in [7, 11) is 2.30. The lowest BCUT2D eigenvalue weighted by Gasteiger charge is -2.36. The van der Waals surface area contributed by atoms with Gasteiger partial charge in [-0.2, -0.15) is 0 Å². The Balaban J connectivity index is 2.15. The van der Waals surface area contributed by atoms with Gasteiger partial charge in [0.25, 0.3) is 0 Å². The highest BCUT2D eigenvalue weighted by Crippen LogP contribution is 2.27. The van der Waals surface area contributed by atoms with Gasteiger partial charge in [0.15, 0.2) is 0 Å². The topological polar surface area (TPSA) is 29.3 Å². The zero-order chi connectivity index (χ0) is 12.0. The molecule has 0 spiro atoms. The maximum Gasteiger partial charge on any atom is 0.0118 e. The predicted molar refractivity (Wildman–Crippen MR) is 71.6 cm³/mol. The standard InChI is InChI=1S/C14H30N2/c1-12-8-4-5-10-14(12)16(3)11-7-6-9-13(2)15/h12-14H,4-11,15H2,1-3H3. The van der Waals surface area contributed by atoms with Crippen molar-refractivity contribution in [1.29, 1.82) is 0 Å². The van der Waals surface area contributed by atoms with E-state index in [0.717, 1.165) is 12.0 Å². The fourth-order valence-corrected chi connectivity index (χ4v) is 2.94. The number of unbranched alkanes of at least 4 members (excludes halogenated alkanes) is 1. The normalized spacial score (nSPS) is 28.3. The highest BCUT2D eigenvalue weighted by Gasteiger charge is 2.24. The van der Waals surface area contributed by atoms with Gasteiger partial charge in [-0.15, -0.1) is 0 Å². The lowest BCUT2D eigenvalue weighted by atomic mass is 9.85. The third kappa shape index (κ3) is 4.84. The zero-order valence-electron chi connectivity index (χ0n) is 11.4. The Bertz CT molecular complexity index is 180. The molecule has 0 bridgehead atoms. The van der Waals surface area contributed by atoms with Crippen molar-refractivity contribution in [3.8, 4) is 0 Å². The summed E-state index contributed by atoms with van der Waals surface area (Å²) >= 11 is 0. The quantitative estimate of drug-likeness (QED) is 0.705. The molecule has 16 heavy (non-hydrogen) atoms. The fraction of sp³-hybridized carbons (Fsp3) is 1.00. The maximum absolute atomic E-state index is 5.76. The van der Waals surface area contributed by atoms with Gasteiger partial charge >= 0.3 is 0 Å². The first-order chi connectivity index (χ1) is 7.61. The number of nitrogens with zero attached hydrogens (tertiary/aromatic N) is 1. The summed E-state index contributed by atoms with van der Waals surface area (Å²) in [6.45, 7) is 5.77. The summed E-state index contributed by atoms with van der Waals surface area (Å²) in [6, 6.07) is 1.21. The molecule has 0 aromatic heterocycles. The number of rotatable bonds is 6. The van der Waals surface area contributed by atoms with Crippen molar-refractivity contribution in [3.63, 3.8) is 0 Å². The van der Waals surface area contributed by atoms with Gasteiger partial charge in [0.05, 0.1) is 0 Å². The molecular weight excluding hydrogens is 196 g/mol. The molecule has 3 unspecified atom stereocenters. The third-order valence-corrected chi connectivity index (χ3v) is 4.05. The zero-order valence-corrected chi connectivity index (χ0v) is 11.4. The summed E-state index contributed by atoms with van der Waals surface area (Å²) < 4.78 is 0. The van der Waals surface area contributed by atoms with Crippen LogP contribution in [0.4, 0.5) is 0 Å². The van der Waals surface area contributed by atoms with E-state index < -0.39 is 0 Å². The highest BCUT2D eigenvalue weighted by atomic mass is 15.1. The van der Waals surface area contributed by atoms with E-state index in [1.807, 2.05) is 0 Å². The van der Waals surface area contributed by atoms with E-state index in [-0.39, 0.29) is 0 Å². The van der Waals surface area contributed by atoms with Crippen LogP contribution in [-0.2, 0) is 0 Å². The third-order valence-electron chi connectivity index (χ3n) is 4.05. The van der Waals surface area contributed by atoms with Gasteiger partial charge in [-0.1, -0.05) is 26.2 Å². The van der Waals surface area contributed by atoms with Crippen molar-refractivity contribution in [2.45, 2.75) is 70.9 Å². The second kappa shape index (κ2) is 7.29. The Morgan fingerprint density at radius 1 is 1.25 bits per heavy atom. The Labute approximate surface area is 102 Å². The minimum Gasteiger partial charge on any atom is -0.328 e. The van der Waals surface area contributed by atoms with Gasteiger partial charge < -0.3 is 10.6 Å². The lowest BCUT2D eigenvalue weighted by Crippen LogP contribution is -2.39. The fourth-order valence-electron chi connectivity index (χ4n) is 2.94. The molecule has 1 fully saturated rings. The molecule has 2 nitrogen and oxygen atoms in total. The first-order valence-corrected chi connectivity index (χ1v) is 7.07. The summed E-state index contributed by atoms with van der Waals surface area (Å²) in [5.41, 5.74) is 5.76. The van der Waals surface area contributed by atoms with Gasteiger partial charge in [-0.05, 0) is 52.1 Å². The van der Waals surface area contributed by atoms with E-state index in [9.17, 15) is 0 Å². The van der Waals surface area contributed by atoms with Crippen LogP contribution < -0.4 is 5.73 Å². The average molecular weight is 226 g/mol. The molecule has 0 aromatic rings. The van der Waals surface area contributed by atoms with Gasteiger partial charge in [-0.25, -0.2) is 0 Å². The van der Waals surface area contributed by atoms with Crippen LogP contribution in [0.15, 0.2) is 0 Å². The van der Waals surface area contributed by atoms with Crippen LogP contribution >= 0.6 is 0 Å². The van der Waals surface area contributed by atoms with E-state index in [2.05, 4.69) is 25.8 Å². The Morgan fingerprint density at radius 3 is 2.56 bits per heavy atom. The first kappa shape index (κ1) is 14.0. The van der Waals surface area contributed by atoms with Crippen molar-refractivity contribution >= 4 is 0 Å². The molecule has 0 aromatic carbocycles. The Kier molecular flexibility index (Phi) is 6.37. The SMILES string of the molecule is CC(N)CCCCN(C)C1CCCCC1C. The molecule has 96 valence electrons. The molecule has 2 N–H and O–H groups in total. The highest BCUT2D eigenvalue weighted by molar-refractivity contribution is 4.79. The smallest absolute Gasteiger partial charge is 0.0118 e. The van der Waals surface area contributed by atoms with Crippen molar-refractivity contribution in [2.75, 3.05) is 13.6 Å². The Morgan fingerprint density at radius 2 is 1.94 bits per heavy atom. The first-order valence-electron chi connectivity index (χ1n) is 7.07.